The van der Waals surface area contributed by atoms with Crippen LogP contribution in [0.3, 0.4) is 0 Å². The Morgan fingerprint density at radius 2 is 1.95 bits per heavy atom. The number of phosphoric acid groups is 1. The molecular weight excluding hydrogens is 327 g/mol. The highest BCUT2D eigenvalue weighted by molar-refractivity contribution is 7.46. The molecule has 0 radical (unpaired) electrons. The molecule has 1 unspecified atom stereocenters. The summed E-state index contributed by atoms with van der Waals surface area (Å²) in [7, 11) is -5.27. The van der Waals surface area contributed by atoms with Crippen molar-refractivity contribution in [3.63, 3.8) is 0 Å². The summed E-state index contributed by atoms with van der Waals surface area (Å²) in [5, 5.41) is 30.4. The molecule has 0 bridgehead atoms. The molecule has 12 nitrogen and oxygen atoms in total. The number of ether oxygens (including phenoxy) is 1. The second-order valence-electron chi connectivity index (χ2n) is 4.62. The lowest BCUT2D eigenvalue weighted by Gasteiger charge is -2.34. The molecule has 1 fully saturated rings. The summed E-state index contributed by atoms with van der Waals surface area (Å²) in [6.07, 6.45) is -5.18. The lowest BCUT2D eigenvalue weighted by Crippen LogP contribution is -2.64. The summed E-state index contributed by atoms with van der Waals surface area (Å²) >= 11 is 0. The van der Waals surface area contributed by atoms with Gasteiger partial charge in [0.2, 0.25) is 0 Å². The number of nitrogens with one attached hydrogen (secondary N) is 1. The highest BCUT2D eigenvalue weighted by Gasteiger charge is 2.62. The molecule has 3 amide bonds. The summed E-state index contributed by atoms with van der Waals surface area (Å²) in [6.45, 7) is -0.727. The van der Waals surface area contributed by atoms with E-state index in [1.54, 1.807) is 5.32 Å². The molecule has 2 heterocycles. The third kappa shape index (κ3) is 2.96. The minimum absolute atomic E-state index is 0.667. The van der Waals surface area contributed by atoms with Gasteiger partial charge in [-0.05, 0) is 4.65 Å². The number of hydroxylamine groups is 3. The summed E-state index contributed by atoms with van der Waals surface area (Å²) in [5.41, 5.74) is 0. The van der Waals surface area contributed by atoms with Crippen LogP contribution in [0, 0.1) is 0 Å². The molecule has 2 aliphatic rings. The van der Waals surface area contributed by atoms with Gasteiger partial charge in [-0.2, -0.15) is 0 Å². The molecule has 124 valence electrons. The van der Waals surface area contributed by atoms with Crippen LogP contribution in [0.2, 0.25) is 0 Å². The van der Waals surface area contributed by atoms with Gasteiger partial charge in [-0.25, -0.2) is 14.7 Å². The van der Waals surface area contributed by atoms with Crippen LogP contribution in [0.1, 0.15) is 0 Å². The fourth-order valence-electron chi connectivity index (χ4n) is 2.16. The van der Waals surface area contributed by atoms with Crippen LogP contribution in [0.15, 0.2) is 12.3 Å². The van der Waals surface area contributed by atoms with Gasteiger partial charge in [0.05, 0.1) is 12.7 Å². The molecule has 0 aromatic rings. The Bertz CT molecular complexity index is 561. The second-order valence-corrected chi connectivity index (χ2v) is 5.77. The maximum absolute atomic E-state index is 12.0. The summed E-state index contributed by atoms with van der Waals surface area (Å²) in [6, 6.07) is -1.34. The number of carbonyl (C=O) groups is 2. The van der Waals surface area contributed by atoms with E-state index in [1.165, 1.54) is 0 Å². The van der Waals surface area contributed by atoms with Crippen LogP contribution >= 0.6 is 7.82 Å². The Morgan fingerprint density at radius 1 is 1.32 bits per heavy atom. The van der Waals surface area contributed by atoms with Gasteiger partial charge in [-0.15, -0.1) is 0 Å². The van der Waals surface area contributed by atoms with Gasteiger partial charge < -0.3 is 20.1 Å². The summed E-state index contributed by atoms with van der Waals surface area (Å²) in [4.78, 5) is 41.1. The lowest BCUT2D eigenvalue weighted by atomic mass is 10.1. The number of carbonyl (C=O) groups excluding carboxylic acids is 2. The second kappa shape index (κ2) is 5.77. The normalized spacial score (nSPS) is 39.1. The maximum Gasteiger partial charge on any atom is 0.516 e. The topological polar surface area (TPSA) is 183 Å². The lowest BCUT2D eigenvalue weighted by molar-refractivity contribution is -1.01. The quantitative estimate of drug-likeness (QED) is 0.228. The van der Waals surface area contributed by atoms with Crippen molar-refractivity contribution in [1.29, 1.82) is 0 Å². The number of aliphatic hydroxyl groups is 3. The first-order valence-electron chi connectivity index (χ1n) is 5.93. The Labute approximate surface area is 123 Å². The molecule has 6 N–H and O–H groups in total. The van der Waals surface area contributed by atoms with E-state index in [4.69, 9.17) is 19.6 Å². The Balaban J connectivity index is 2.46. The van der Waals surface area contributed by atoms with Gasteiger partial charge in [-0.1, -0.05) is 4.62 Å². The monoisotopic (exact) mass is 341 g/mol. The summed E-state index contributed by atoms with van der Waals surface area (Å²) in [5.74, 6) is -0.875. The molecule has 2 rings (SSSR count). The zero-order valence-corrected chi connectivity index (χ0v) is 11.7. The van der Waals surface area contributed by atoms with Gasteiger partial charge >= 0.3 is 13.9 Å². The third-order valence-electron chi connectivity index (χ3n) is 3.13. The predicted octanol–water partition coefficient (Wildman–Crippen LogP) is -2.97. The number of nitrogens with zero attached hydrogens (tertiary/aromatic N) is 1. The van der Waals surface area contributed by atoms with Crippen LogP contribution < -0.4 is 5.32 Å². The molecule has 0 saturated carbocycles. The standard InChI is InChI=1S/C9H13N2O10P/c12-3-4-6(14)7(15)8(20-4)11(21-22(17,18)19)2-1-5(13)10-9(11)16/h1-2,4,6-8,12,14-15H,3H2,(H2-,10,13,16,17,18,19)/p+1/t4-,6-,7-,8-,11?/m1/s1. The van der Waals surface area contributed by atoms with Gasteiger partial charge in [0.25, 0.3) is 12.1 Å². The van der Waals surface area contributed by atoms with Crippen molar-refractivity contribution in [2.75, 3.05) is 6.61 Å². The van der Waals surface area contributed by atoms with E-state index in [2.05, 4.69) is 4.62 Å². The summed E-state index contributed by atoms with van der Waals surface area (Å²) < 4.78 is 18.9. The van der Waals surface area contributed by atoms with E-state index in [9.17, 15) is 24.4 Å². The molecule has 0 aromatic heterocycles. The first-order valence-corrected chi connectivity index (χ1v) is 7.46. The molecule has 13 heteroatoms. The maximum atomic E-state index is 12.0. The van der Waals surface area contributed by atoms with Gasteiger partial charge in [0.1, 0.15) is 18.4 Å². The molecule has 0 spiro atoms. The average Bonchev–Trinajstić information content (AvgIpc) is 2.69. The van der Waals surface area contributed by atoms with Crippen LogP contribution in [0.25, 0.3) is 0 Å². The largest absolute Gasteiger partial charge is 0.516 e. The van der Waals surface area contributed by atoms with E-state index in [0.717, 1.165) is 6.08 Å². The van der Waals surface area contributed by atoms with Crippen molar-refractivity contribution >= 4 is 19.8 Å². The molecule has 2 aliphatic heterocycles. The highest BCUT2D eigenvalue weighted by atomic mass is 31.2. The van der Waals surface area contributed by atoms with Crippen molar-refractivity contribution in [3.05, 3.63) is 12.3 Å². The molecule has 22 heavy (non-hydrogen) atoms. The van der Waals surface area contributed by atoms with Gasteiger partial charge in [0.15, 0.2) is 6.10 Å². The smallest absolute Gasteiger partial charge is 0.394 e. The number of rotatable bonds is 4. The fraction of sp³-hybridized carbons (Fsp3) is 0.556. The zero-order chi connectivity index (χ0) is 16.7. The van der Waals surface area contributed by atoms with Crippen LogP contribution in [0.5, 0.6) is 0 Å². The van der Waals surface area contributed by atoms with E-state index >= 15 is 0 Å². The highest BCUT2D eigenvalue weighted by Crippen LogP contribution is 2.45. The van der Waals surface area contributed by atoms with Crippen molar-refractivity contribution < 1.29 is 53.3 Å². The third-order valence-corrected chi connectivity index (χ3v) is 3.61. The number of hydrogen-bond acceptors (Lipinski definition) is 8. The minimum Gasteiger partial charge on any atom is -0.394 e. The first kappa shape index (κ1) is 17.1. The molecule has 5 atom stereocenters. The molecule has 1 saturated heterocycles. The van der Waals surface area contributed by atoms with Crippen molar-refractivity contribution in [2.45, 2.75) is 24.5 Å². The SMILES string of the molecule is O=C1C=C[N+](OP(=O)(O)O)([C@@H]2O[C@H](CO)[C@@H](O)[C@H]2O)C(=O)N1. The average molecular weight is 341 g/mol. The molecular formula is C9H14N2O10P+. The van der Waals surface area contributed by atoms with Gasteiger partial charge in [0, 0.05) is 0 Å². The predicted molar refractivity (Wildman–Crippen MR) is 63.8 cm³/mol. The van der Waals surface area contributed by atoms with Crippen molar-refractivity contribution in [2.24, 2.45) is 0 Å². The Morgan fingerprint density at radius 3 is 2.41 bits per heavy atom. The van der Waals surface area contributed by atoms with E-state index in [0.29, 0.717) is 6.20 Å². The molecule has 0 aliphatic carbocycles. The van der Waals surface area contributed by atoms with E-state index < -0.39 is 55.6 Å². The minimum atomic E-state index is -5.27. The zero-order valence-electron chi connectivity index (χ0n) is 10.8. The van der Waals surface area contributed by atoms with E-state index in [1.807, 2.05) is 0 Å². The number of quaternary nitrogens is 1. The first-order chi connectivity index (χ1) is 10.1. The Hall–Kier alpha value is -1.21. The van der Waals surface area contributed by atoms with Crippen molar-refractivity contribution in [1.82, 2.24) is 5.32 Å². The van der Waals surface area contributed by atoms with Crippen LogP contribution in [0.4, 0.5) is 4.79 Å². The number of aliphatic hydroxyl groups excluding tert-OH is 3. The number of urea groups is 1. The number of imide groups is 1. The Kier molecular flexibility index (Phi) is 4.50. The van der Waals surface area contributed by atoms with Crippen LogP contribution in [-0.2, 0) is 18.7 Å². The van der Waals surface area contributed by atoms with Crippen molar-refractivity contribution in [3.8, 4) is 0 Å². The van der Waals surface area contributed by atoms with Crippen LogP contribution in [-0.4, -0.2) is 72.8 Å². The van der Waals surface area contributed by atoms with E-state index in [-0.39, 0.29) is 0 Å². The van der Waals surface area contributed by atoms with Gasteiger partial charge in [-0.3, -0.25) is 14.6 Å². The molecule has 0 aromatic carbocycles. The number of hydrogen-bond donors (Lipinski definition) is 6. The number of amides is 3. The fourth-order valence-corrected chi connectivity index (χ4v) is 2.74.